The quantitative estimate of drug-likeness (QED) is 0.737. The van der Waals surface area contributed by atoms with Crippen molar-refractivity contribution < 1.29 is 4.42 Å². The van der Waals surface area contributed by atoms with E-state index in [1.54, 1.807) is 0 Å². The Morgan fingerprint density at radius 1 is 1.00 bits per heavy atom. The number of anilines is 1. The summed E-state index contributed by atoms with van der Waals surface area (Å²) in [5, 5.41) is 5.99. The Morgan fingerprint density at radius 3 is 2.76 bits per heavy atom. The number of para-hydroxylation sites is 1. The number of furan rings is 1. The lowest BCUT2D eigenvalue weighted by atomic mass is 9.91. The molecule has 21 heavy (non-hydrogen) atoms. The van der Waals surface area contributed by atoms with E-state index in [1.165, 1.54) is 23.6 Å². The van der Waals surface area contributed by atoms with Gasteiger partial charge >= 0.3 is 0 Å². The van der Waals surface area contributed by atoms with Gasteiger partial charge in [0.2, 0.25) is 0 Å². The fourth-order valence-corrected chi connectivity index (χ4v) is 3.41. The Labute approximate surface area is 124 Å². The molecule has 2 atom stereocenters. The van der Waals surface area contributed by atoms with Crippen LogP contribution in [0.25, 0.3) is 21.9 Å². The van der Waals surface area contributed by atoms with Crippen molar-refractivity contribution in [2.75, 3.05) is 5.32 Å². The molecule has 3 aromatic rings. The fraction of sp³-hybridized carbons (Fsp3) is 0.333. The third kappa shape index (κ3) is 2.38. The number of nitrogens with two attached hydrogens (primary N) is 1. The smallest absolute Gasteiger partial charge is 0.135 e. The minimum atomic E-state index is 0.342. The summed E-state index contributed by atoms with van der Waals surface area (Å²) in [5.74, 6) is 0. The second-order valence-corrected chi connectivity index (χ2v) is 6.08. The van der Waals surface area contributed by atoms with E-state index in [2.05, 4.69) is 35.6 Å². The van der Waals surface area contributed by atoms with Gasteiger partial charge in [0.1, 0.15) is 11.2 Å². The molecule has 0 amide bonds. The zero-order chi connectivity index (χ0) is 14.2. The number of hydrogen-bond acceptors (Lipinski definition) is 3. The lowest BCUT2D eigenvalue weighted by Gasteiger charge is -2.28. The third-order valence-electron chi connectivity index (χ3n) is 4.46. The molecule has 4 rings (SSSR count). The number of fused-ring (bicyclic) bond motifs is 3. The Morgan fingerprint density at radius 2 is 1.86 bits per heavy atom. The van der Waals surface area contributed by atoms with E-state index < -0.39 is 0 Å². The number of benzene rings is 2. The minimum Gasteiger partial charge on any atom is -0.456 e. The van der Waals surface area contributed by atoms with Crippen molar-refractivity contribution in [3.8, 4) is 0 Å². The SMILES string of the molecule is NC1CCCC(Nc2ccc3oc4ccccc4c3c2)C1. The molecule has 0 saturated heterocycles. The lowest BCUT2D eigenvalue weighted by molar-refractivity contribution is 0.409. The fourth-order valence-electron chi connectivity index (χ4n) is 3.41. The maximum atomic E-state index is 6.07. The van der Waals surface area contributed by atoms with E-state index in [9.17, 15) is 0 Å². The molecule has 1 heterocycles. The van der Waals surface area contributed by atoms with Crippen LogP contribution in [0.15, 0.2) is 46.9 Å². The van der Waals surface area contributed by atoms with Crippen molar-refractivity contribution >= 4 is 27.6 Å². The van der Waals surface area contributed by atoms with Gasteiger partial charge in [-0.2, -0.15) is 0 Å². The van der Waals surface area contributed by atoms with E-state index in [4.69, 9.17) is 10.2 Å². The minimum absolute atomic E-state index is 0.342. The van der Waals surface area contributed by atoms with Crippen LogP contribution in [0.5, 0.6) is 0 Å². The highest BCUT2D eigenvalue weighted by molar-refractivity contribution is 6.05. The lowest BCUT2D eigenvalue weighted by Crippen LogP contribution is -2.34. The normalized spacial score (nSPS) is 22.7. The topological polar surface area (TPSA) is 51.2 Å². The molecule has 3 N–H and O–H groups in total. The molecule has 1 fully saturated rings. The first-order valence-corrected chi connectivity index (χ1v) is 7.73. The van der Waals surface area contributed by atoms with Gasteiger partial charge in [-0.15, -0.1) is 0 Å². The zero-order valence-corrected chi connectivity index (χ0v) is 12.0. The van der Waals surface area contributed by atoms with E-state index in [1.807, 2.05) is 12.1 Å². The molecular weight excluding hydrogens is 260 g/mol. The molecule has 1 aliphatic carbocycles. The number of nitrogens with one attached hydrogen (secondary N) is 1. The van der Waals surface area contributed by atoms with Crippen molar-refractivity contribution in [3.05, 3.63) is 42.5 Å². The van der Waals surface area contributed by atoms with E-state index in [0.717, 1.165) is 29.7 Å². The van der Waals surface area contributed by atoms with Crippen molar-refractivity contribution in [3.63, 3.8) is 0 Å². The highest BCUT2D eigenvalue weighted by Crippen LogP contribution is 2.31. The first-order valence-electron chi connectivity index (χ1n) is 7.73. The predicted molar refractivity (Wildman–Crippen MR) is 87.6 cm³/mol. The van der Waals surface area contributed by atoms with Crippen molar-refractivity contribution in [2.45, 2.75) is 37.8 Å². The molecule has 2 aromatic carbocycles. The summed E-state index contributed by atoms with van der Waals surface area (Å²) in [5.41, 5.74) is 9.13. The number of rotatable bonds is 2. The van der Waals surface area contributed by atoms with Gasteiger partial charge in [0, 0.05) is 28.5 Å². The summed E-state index contributed by atoms with van der Waals surface area (Å²) in [6.07, 6.45) is 4.64. The zero-order valence-electron chi connectivity index (χ0n) is 12.0. The van der Waals surface area contributed by atoms with Gasteiger partial charge in [-0.1, -0.05) is 18.2 Å². The van der Waals surface area contributed by atoms with E-state index >= 15 is 0 Å². The second-order valence-electron chi connectivity index (χ2n) is 6.08. The first kappa shape index (κ1) is 12.7. The average Bonchev–Trinajstić information content (AvgIpc) is 2.85. The summed E-state index contributed by atoms with van der Waals surface area (Å²) < 4.78 is 5.87. The van der Waals surface area contributed by atoms with Crippen LogP contribution < -0.4 is 11.1 Å². The molecule has 1 aromatic heterocycles. The van der Waals surface area contributed by atoms with Gasteiger partial charge in [-0.25, -0.2) is 0 Å². The molecule has 0 aliphatic heterocycles. The third-order valence-corrected chi connectivity index (χ3v) is 4.46. The van der Waals surface area contributed by atoms with Crippen LogP contribution in [0.4, 0.5) is 5.69 Å². The van der Waals surface area contributed by atoms with Crippen molar-refractivity contribution in [1.29, 1.82) is 0 Å². The summed E-state index contributed by atoms with van der Waals surface area (Å²) in [6.45, 7) is 0. The van der Waals surface area contributed by atoms with Gasteiger partial charge < -0.3 is 15.5 Å². The molecule has 0 spiro atoms. The summed E-state index contributed by atoms with van der Waals surface area (Å²) >= 11 is 0. The van der Waals surface area contributed by atoms with Crippen LogP contribution in [0, 0.1) is 0 Å². The maximum absolute atomic E-state index is 6.07. The summed E-state index contributed by atoms with van der Waals surface area (Å²) in [7, 11) is 0. The van der Waals surface area contributed by atoms with Gasteiger partial charge in [0.25, 0.3) is 0 Å². The molecule has 1 aliphatic rings. The van der Waals surface area contributed by atoms with Gasteiger partial charge in [0.15, 0.2) is 0 Å². The van der Waals surface area contributed by atoms with E-state index in [0.29, 0.717) is 12.1 Å². The molecule has 0 radical (unpaired) electrons. The Hall–Kier alpha value is -2.00. The maximum Gasteiger partial charge on any atom is 0.135 e. The van der Waals surface area contributed by atoms with E-state index in [-0.39, 0.29) is 0 Å². The van der Waals surface area contributed by atoms with Crippen molar-refractivity contribution in [1.82, 2.24) is 0 Å². The second kappa shape index (κ2) is 5.08. The summed E-state index contributed by atoms with van der Waals surface area (Å²) in [6, 6.07) is 15.4. The Bertz CT molecular complexity index is 777. The van der Waals surface area contributed by atoms with Crippen LogP contribution in [0.2, 0.25) is 0 Å². The largest absolute Gasteiger partial charge is 0.456 e. The average molecular weight is 280 g/mol. The molecule has 108 valence electrons. The van der Waals surface area contributed by atoms with Crippen molar-refractivity contribution in [2.24, 2.45) is 5.73 Å². The highest BCUT2D eigenvalue weighted by atomic mass is 16.3. The highest BCUT2D eigenvalue weighted by Gasteiger charge is 2.19. The summed E-state index contributed by atoms with van der Waals surface area (Å²) in [4.78, 5) is 0. The molecular formula is C18H20N2O. The molecule has 3 heteroatoms. The molecule has 2 unspecified atom stereocenters. The monoisotopic (exact) mass is 280 g/mol. The van der Waals surface area contributed by atoms with Crippen LogP contribution in [0.1, 0.15) is 25.7 Å². The van der Waals surface area contributed by atoms with Crippen LogP contribution >= 0.6 is 0 Å². The van der Waals surface area contributed by atoms with Crippen LogP contribution in [-0.4, -0.2) is 12.1 Å². The van der Waals surface area contributed by atoms with Crippen LogP contribution in [0.3, 0.4) is 0 Å². The Kier molecular flexibility index (Phi) is 3.08. The van der Waals surface area contributed by atoms with Gasteiger partial charge in [-0.3, -0.25) is 0 Å². The molecule has 1 saturated carbocycles. The van der Waals surface area contributed by atoms with Crippen LogP contribution in [-0.2, 0) is 0 Å². The van der Waals surface area contributed by atoms with Gasteiger partial charge in [-0.05, 0) is 49.9 Å². The number of hydrogen-bond donors (Lipinski definition) is 2. The predicted octanol–water partition coefficient (Wildman–Crippen LogP) is 4.27. The van der Waals surface area contributed by atoms with Gasteiger partial charge in [0.05, 0.1) is 0 Å². The first-order chi connectivity index (χ1) is 10.3. The molecule has 0 bridgehead atoms. The standard InChI is InChI=1S/C18H20N2O/c19-12-4-3-5-13(10-12)20-14-8-9-18-16(11-14)15-6-1-2-7-17(15)21-18/h1-2,6-9,11-13,20H,3-5,10,19H2. The Balaban J connectivity index is 1.68. The molecule has 3 nitrogen and oxygen atoms in total.